The third-order valence-corrected chi connectivity index (χ3v) is 3.37. The van der Waals surface area contributed by atoms with Crippen LogP contribution >= 0.6 is 10.7 Å². The molecular weight excluding hydrogens is 194 g/mol. The molecule has 1 aliphatic rings. The molecule has 1 N–H and O–H groups in total. The zero-order valence-electron chi connectivity index (χ0n) is 5.40. The van der Waals surface area contributed by atoms with Gasteiger partial charge in [0.25, 0.3) is 0 Å². The average molecular weight is 200 g/mol. The molecule has 7 heteroatoms. The lowest BCUT2D eigenvalue weighted by molar-refractivity contribution is 0.120. The van der Waals surface area contributed by atoms with Gasteiger partial charge in [-0.25, -0.2) is 13.2 Å². The first kappa shape index (κ1) is 8.61. The highest BCUT2D eigenvalue weighted by atomic mass is 35.7. The number of carboxylic acid groups (broad SMARTS) is 1. The van der Waals surface area contributed by atoms with Crippen LogP contribution in [0.25, 0.3) is 0 Å². The molecule has 0 atom stereocenters. The zero-order valence-corrected chi connectivity index (χ0v) is 6.97. The number of nitrogens with zero attached hydrogens (tertiary/aromatic N) is 1. The minimum Gasteiger partial charge on any atom is -0.465 e. The van der Waals surface area contributed by atoms with Crippen molar-refractivity contribution in [3.8, 4) is 0 Å². The fraction of sp³-hybridized carbons (Fsp3) is 0.750. The Morgan fingerprint density at radius 1 is 1.55 bits per heavy atom. The predicted molar refractivity (Wildman–Crippen MR) is 38.2 cm³/mol. The van der Waals surface area contributed by atoms with E-state index in [0.717, 1.165) is 4.90 Å². The highest BCUT2D eigenvalue weighted by molar-refractivity contribution is 8.14. The Bertz CT molecular complexity index is 268. The third kappa shape index (κ3) is 1.75. The van der Waals surface area contributed by atoms with Gasteiger partial charge < -0.3 is 10.0 Å². The number of likely N-dealkylation sites (tertiary alicyclic amines) is 1. The van der Waals surface area contributed by atoms with Crippen LogP contribution in [-0.2, 0) is 9.05 Å². The Hall–Kier alpha value is -0.490. The van der Waals surface area contributed by atoms with Crippen molar-refractivity contribution < 1.29 is 18.3 Å². The summed E-state index contributed by atoms with van der Waals surface area (Å²) in [7, 11) is 1.39. The zero-order chi connectivity index (χ0) is 8.65. The third-order valence-electron chi connectivity index (χ3n) is 1.52. The average Bonchev–Trinajstić information content (AvgIpc) is 1.51. The predicted octanol–water partition coefficient (Wildman–Crippen LogP) is -0.0828. The van der Waals surface area contributed by atoms with Gasteiger partial charge in [0.2, 0.25) is 9.05 Å². The largest absolute Gasteiger partial charge is 0.465 e. The number of amides is 1. The van der Waals surface area contributed by atoms with E-state index in [1.54, 1.807) is 0 Å². The Labute approximate surface area is 68.0 Å². The molecular formula is C4H6ClNO4S. The molecule has 0 aliphatic carbocycles. The summed E-state index contributed by atoms with van der Waals surface area (Å²) in [6, 6.07) is 0. The van der Waals surface area contributed by atoms with Crippen LogP contribution in [0.15, 0.2) is 0 Å². The highest BCUT2D eigenvalue weighted by Crippen LogP contribution is 2.18. The van der Waals surface area contributed by atoms with Crippen LogP contribution < -0.4 is 0 Å². The molecule has 1 rings (SSSR count). The van der Waals surface area contributed by atoms with Crippen LogP contribution in [0.3, 0.4) is 0 Å². The minimum absolute atomic E-state index is 0.0127. The molecule has 1 amide bonds. The normalized spacial score (nSPS) is 19.5. The van der Waals surface area contributed by atoms with Gasteiger partial charge in [-0.2, -0.15) is 0 Å². The van der Waals surface area contributed by atoms with Crippen LogP contribution in [-0.4, -0.2) is 42.9 Å². The smallest absolute Gasteiger partial charge is 0.407 e. The van der Waals surface area contributed by atoms with Gasteiger partial charge in [0.15, 0.2) is 0 Å². The molecule has 0 aromatic rings. The van der Waals surface area contributed by atoms with Gasteiger partial charge in [-0.15, -0.1) is 0 Å². The summed E-state index contributed by atoms with van der Waals surface area (Å²) in [4.78, 5) is 11.1. The second-order valence-electron chi connectivity index (χ2n) is 2.29. The summed E-state index contributed by atoms with van der Waals surface area (Å²) in [5.74, 6) is 0. The van der Waals surface area contributed by atoms with Crippen molar-refractivity contribution in [3.63, 3.8) is 0 Å². The number of hydrogen-bond acceptors (Lipinski definition) is 3. The number of hydrogen-bond donors (Lipinski definition) is 1. The van der Waals surface area contributed by atoms with E-state index >= 15 is 0 Å². The lowest BCUT2D eigenvalue weighted by atomic mass is 10.2. The molecule has 5 nitrogen and oxygen atoms in total. The van der Waals surface area contributed by atoms with E-state index in [-0.39, 0.29) is 13.1 Å². The Kier molecular flexibility index (Phi) is 1.98. The number of rotatable bonds is 1. The van der Waals surface area contributed by atoms with E-state index in [4.69, 9.17) is 15.8 Å². The van der Waals surface area contributed by atoms with E-state index < -0.39 is 20.4 Å². The molecule has 0 unspecified atom stereocenters. The lowest BCUT2D eigenvalue weighted by Gasteiger charge is -2.34. The van der Waals surface area contributed by atoms with Crippen LogP contribution in [0.5, 0.6) is 0 Å². The number of halogens is 1. The SMILES string of the molecule is O=C(O)N1CC(S(=O)(=O)Cl)C1. The second kappa shape index (κ2) is 2.53. The van der Waals surface area contributed by atoms with E-state index in [0.29, 0.717) is 0 Å². The van der Waals surface area contributed by atoms with Crippen molar-refractivity contribution in [2.45, 2.75) is 5.25 Å². The fourth-order valence-corrected chi connectivity index (χ4v) is 1.83. The van der Waals surface area contributed by atoms with Gasteiger partial charge in [-0.05, 0) is 0 Å². The quantitative estimate of drug-likeness (QED) is 0.600. The second-order valence-corrected chi connectivity index (χ2v) is 5.19. The van der Waals surface area contributed by atoms with Gasteiger partial charge in [-0.3, -0.25) is 0 Å². The Morgan fingerprint density at radius 3 is 2.27 bits per heavy atom. The molecule has 1 saturated heterocycles. The van der Waals surface area contributed by atoms with E-state index in [1.807, 2.05) is 0 Å². The molecule has 64 valence electrons. The van der Waals surface area contributed by atoms with Gasteiger partial charge >= 0.3 is 6.09 Å². The van der Waals surface area contributed by atoms with Crippen molar-refractivity contribution in [3.05, 3.63) is 0 Å². The summed E-state index contributed by atoms with van der Waals surface area (Å²) >= 11 is 0. The number of carbonyl (C=O) groups is 1. The standard InChI is InChI=1S/C4H6ClNO4S/c5-11(9,10)3-1-6(2-3)4(7)8/h3H,1-2H2,(H,7,8). The maximum absolute atomic E-state index is 10.5. The molecule has 1 aliphatic heterocycles. The summed E-state index contributed by atoms with van der Waals surface area (Å²) < 4.78 is 21.1. The molecule has 0 aromatic heterocycles. The van der Waals surface area contributed by atoms with Gasteiger partial charge in [0.05, 0.1) is 0 Å². The highest BCUT2D eigenvalue weighted by Gasteiger charge is 2.38. The first-order chi connectivity index (χ1) is 4.91. The monoisotopic (exact) mass is 199 g/mol. The van der Waals surface area contributed by atoms with Crippen LogP contribution in [0.2, 0.25) is 0 Å². The summed E-state index contributed by atoms with van der Waals surface area (Å²) in [5, 5.41) is 7.58. The van der Waals surface area contributed by atoms with E-state index in [2.05, 4.69) is 0 Å². The van der Waals surface area contributed by atoms with Crippen LogP contribution in [0, 0.1) is 0 Å². The van der Waals surface area contributed by atoms with E-state index in [1.165, 1.54) is 0 Å². The minimum atomic E-state index is -3.57. The molecule has 1 fully saturated rings. The van der Waals surface area contributed by atoms with Gasteiger partial charge in [-0.1, -0.05) is 0 Å². The molecule has 0 bridgehead atoms. The molecule has 0 spiro atoms. The Morgan fingerprint density at radius 2 is 2.00 bits per heavy atom. The lowest BCUT2D eigenvalue weighted by Crippen LogP contribution is -2.55. The fourth-order valence-electron chi connectivity index (χ4n) is 0.772. The van der Waals surface area contributed by atoms with E-state index in [9.17, 15) is 13.2 Å². The first-order valence-electron chi connectivity index (χ1n) is 2.82. The summed E-state index contributed by atoms with van der Waals surface area (Å²) in [6.07, 6.45) is -1.11. The molecule has 11 heavy (non-hydrogen) atoms. The van der Waals surface area contributed by atoms with Gasteiger partial charge in [0.1, 0.15) is 5.25 Å². The van der Waals surface area contributed by atoms with Gasteiger partial charge in [0, 0.05) is 23.8 Å². The van der Waals surface area contributed by atoms with Crippen molar-refractivity contribution in [1.29, 1.82) is 0 Å². The summed E-state index contributed by atoms with van der Waals surface area (Å²) in [6.45, 7) is -0.0255. The van der Waals surface area contributed by atoms with Crippen molar-refractivity contribution >= 4 is 25.8 Å². The van der Waals surface area contributed by atoms with Crippen LogP contribution in [0.4, 0.5) is 4.79 Å². The molecule has 1 heterocycles. The molecule has 0 radical (unpaired) electrons. The topological polar surface area (TPSA) is 74.7 Å². The van der Waals surface area contributed by atoms with Crippen molar-refractivity contribution in [2.75, 3.05) is 13.1 Å². The Balaban J connectivity index is 2.48. The summed E-state index contributed by atoms with van der Waals surface area (Å²) in [5.41, 5.74) is 0. The van der Waals surface area contributed by atoms with Crippen molar-refractivity contribution in [2.24, 2.45) is 0 Å². The van der Waals surface area contributed by atoms with Crippen molar-refractivity contribution in [1.82, 2.24) is 4.90 Å². The first-order valence-corrected chi connectivity index (χ1v) is 5.20. The molecule has 0 saturated carbocycles. The maximum Gasteiger partial charge on any atom is 0.407 e. The maximum atomic E-state index is 10.5. The van der Waals surface area contributed by atoms with Crippen LogP contribution in [0.1, 0.15) is 0 Å². The molecule has 0 aromatic carbocycles.